The van der Waals surface area contributed by atoms with Gasteiger partial charge in [-0.3, -0.25) is 9.59 Å². The summed E-state index contributed by atoms with van der Waals surface area (Å²) >= 11 is 6.16. The van der Waals surface area contributed by atoms with E-state index in [0.717, 1.165) is 90.6 Å². The van der Waals surface area contributed by atoms with Crippen LogP contribution in [0.25, 0.3) is 45.6 Å². The molecule has 0 bridgehead atoms. The topological polar surface area (TPSA) is 293 Å². The maximum absolute atomic E-state index is 10.8. The Hall–Kier alpha value is -10.4. The smallest absolute Gasteiger partial charge is 0.317 e. The first-order valence-electron chi connectivity index (χ1n) is 31.6. The predicted molar refractivity (Wildman–Crippen MR) is 396 cm³/mol. The summed E-state index contributed by atoms with van der Waals surface area (Å²) in [7, 11) is 0. The van der Waals surface area contributed by atoms with Gasteiger partial charge in [-0.05, 0) is 206 Å². The van der Waals surface area contributed by atoms with E-state index in [1.807, 2.05) is 76.4 Å². The number of nitrogens with one attached hydrogen (secondary N) is 5. The minimum atomic E-state index is -0.893. The molecule has 9 heterocycles. The summed E-state index contributed by atoms with van der Waals surface area (Å²) in [5.74, 6) is 0.388. The van der Waals surface area contributed by atoms with Crippen molar-refractivity contribution < 1.29 is 19.8 Å². The van der Waals surface area contributed by atoms with Crippen LogP contribution in [0.3, 0.4) is 0 Å². The maximum atomic E-state index is 10.8. The second-order valence-corrected chi connectivity index (χ2v) is 27.7. The largest absolute Gasteiger partial charge is 0.481 e. The Morgan fingerprint density at radius 2 is 0.786 bits per heavy atom. The molecular formula is C72H76N18O4S4. The van der Waals surface area contributed by atoms with Gasteiger partial charge in [0.15, 0.2) is 5.13 Å². The third kappa shape index (κ3) is 21.1. The molecule has 13 rings (SSSR count). The fourth-order valence-corrected chi connectivity index (χ4v) is 14.0. The van der Waals surface area contributed by atoms with E-state index >= 15 is 0 Å². The Balaban J connectivity index is 0.000000142. The maximum Gasteiger partial charge on any atom is 0.317 e. The van der Waals surface area contributed by atoms with E-state index in [0.29, 0.717) is 52.4 Å². The van der Waals surface area contributed by atoms with Crippen LogP contribution in [-0.2, 0) is 22.6 Å². The minimum Gasteiger partial charge on any atom is -0.481 e. The summed E-state index contributed by atoms with van der Waals surface area (Å²) in [5.41, 5.74) is 19.7. The molecule has 0 atom stereocenters. The number of aromatic nitrogens is 12. The standard InChI is InChI=1S/C20H23N5S.C18H19N5O2S.C17H16N4O2S.C17H18N4S/c1-14-10-15(2)12-16(11-14)22-19-21-7-6-17(23-19)18-13-26-20(24-18)25-8-4-3-5-9-25;1-11-5-12(2)7-13(6-11)21-18-20-4-3-14(23-18)15-10-26-16(22-15)8-19-9-17(24)25;1-10-5-11(2)7-12(6-10)19-17-18-4-3-13(21-17)14-9-24-15(20-14)8-16(22)23;1-10-7-11(2)9-14(8-10)20-17-18-6-5-15(21-17)16-12(3)22-13(4)19-16/h6-7,10-13H,3-5,8-9H2,1-2H3,(H,21,22,23);3-7,10,19H,8-9H2,1-2H3,(H,24,25)(H,20,21,23);3-7,9H,8H2,1-2H3,(H,22,23)(H,18,19,21);5-9H,1-4H3,(H,18,20,21). The summed E-state index contributed by atoms with van der Waals surface area (Å²) in [6.45, 7) is 23.1. The van der Waals surface area contributed by atoms with Crippen LogP contribution in [0.2, 0.25) is 0 Å². The molecule has 0 saturated carbocycles. The molecule has 8 aromatic heterocycles. The van der Waals surface area contributed by atoms with Crippen LogP contribution in [-0.4, -0.2) is 102 Å². The molecule has 7 N–H and O–H groups in total. The second-order valence-electron chi connectivity index (χ2n) is 23.6. The SMILES string of the molecule is Cc1cc(C)cc(Nc2nccc(-c3csc(CC(=O)O)n3)n2)c1.Cc1cc(C)cc(Nc2nccc(-c3csc(CNCC(=O)O)n3)n2)c1.Cc1cc(C)cc(Nc2nccc(-c3csc(N4CCCCC4)n3)n2)c1.Cc1cc(C)cc(Nc2nccc(-c3nc(C)sc3C)n2)c1. The molecule has 22 nitrogen and oxygen atoms in total. The number of rotatable bonds is 19. The van der Waals surface area contributed by atoms with E-state index in [4.69, 9.17) is 15.2 Å². The van der Waals surface area contributed by atoms with Crippen molar-refractivity contribution in [3.8, 4) is 45.6 Å². The monoisotopic (exact) mass is 1380 g/mol. The Kier molecular flexibility index (Phi) is 24.1. The average Bonchev–Trinajstić information content (AvgIpc) is 1.64. The number of hydrogen-bond donors (Lipinski definition) is 7. The first kappa shape index (κ1) is 70.4. The number of aliphatic carboxylic acids is 2. The van der Waals surface area contributed by atoms with Crippen LogP contribution in [0, 0.1) is 69.2 Å². The Labute approximate surface area is 585 Å². The second kappa shape index (κ2) is 33.5. The lowest BCUT2D eigenvalue weighted by Crippen LogP contribution is -2.29. The van der Waals surface area contributed by atoms with Crippen LogP contribution >= 0.6 is 45.3 Å². The van der Waals surface area contributed by atoms with Crippen LogP contribution in [0.5, 0.6) is 0 Å². The summed E-state index contributed by atoms with van der Waals surface area (Å²) in [6, 6.07) is 32.4. The molecule has 26 heteroatoms. The van der Waals surface area contributed by atoms with Crippen molar-refractivity contribution in [3.63, 3.8) is 0 Å². The molecule has 0 amide bonds. The number of carboxylic acids is 2. The number of hydrogen-bond acceptors (Lipinski definition) is 24. The Morgan fingerprint density at radius 3 is 1.17 bits per heavy atom. The molecule has 98 heavy (non-hydrogen) atoms. The molecule has 1 fully saturated rings. The number of anilines is 9. The molecule has 502 valence electrons. The van der Waals surface area contributed by atoms with Gasteiger partial charge in [0, 0.05) is 88.2 Å². The average molecular weight is 1390 g/mol. The predicted octanol–water partition coefficient (Wildman–Crippen LogP) is 16.3. The van der Waals surface area contributed by atoms with Crippen LogP contribution in [0.15, 0.2) is 138 Å². The summed E-state index contributed by atoms with van der Waals surface area (Å²) < 4.78 is 0. The van der Waals surface area contributed by atoms with Crippen molar-refractivity contribution in [3.05, 3.63) is 202 Å². The number of carboxylic acid groups (broad SMARTS) is 2. The van der Waals surface area contributed by atoms with Crippen molar-refractivity contribution in [2.45, 2.75) is 101 Å². The number of piperidine rings is 1. The Morgan fingerprint density at radius 1 is 0.418 bits per heavy atom. The number of nitrogens with zero attached hydrogens (tertiary/aromatic N) is 13. The van der Waals surface area contributed by atoms with Gasteiger partial charge in [-0.15, -0.1) is 45.3 Å². The molecule has 4 aromatic carbocycles. The summed E-state index contributed by atoms with van der Waals surface area (Å²) in [6.07, 6.45) is 10.7. The van der Waals surface area contributed by atoms with E-state index in [1.165, 1.54) is 80.2 Å². The summed E-state index contributed by atoms with van der Waals surface area (Å²) in [4.78, 5) is 78.5. The van der Waals surface area contributed by atoms with E-state index in [9.17, 15) is 9.59 Å². The number of aryl methyl sites for hydroxylation is 10. The normalized spacial score (nSPS) is 11.7. The third-order valence-corrected chi connectivity index (χ3v) is 18.0. The third-order valence-electron chi connectivity index (χ3n) is 14.5. The number of benzene rings is 4. The fraction of sp³-hybridized carbons (Fsp3) is 0.250. The van der Waals surface area contributed by atoms with Crippen LogP contribution < -0.4 is 31.5 Å². The molecular weight excluding hydrogens is 1310 g/mol. The molecule has 1 aliphatic rings. The van der Waals surface area contributed by atoms with Gasteiger partial charge in [0.2, 0.25) is 23.8 Å². The molecule has 1 aliphatic heterocycles. The molecule has 0 radical (unpaired) electrons. The van der Waals surface area contributed by atoms with E-state index in [1.54, 1.807) is 65.0 Å². The van der Waals surface area contributed by atoms with Gasteiger partial charge in [0.25, 0.3) is 0 Å². The first-order valence-corrected chi connectivity index (χ1v) is 35.1. The highest BCUT2D eigenvalue weighted by Crippen LogP contribution is 2.31. The van der Waals surface area contributed by atoms with Gasteiger partial charge in [-0.1, -0.05) is 24.3 Å². The zero-order chi connectivity index (χ0) is 69.2. The molecule has 0 unspecified atom stereocenters. The van der Waals surface area contributed by atoms with E-state index in [-0.39, 0.29) is 13.0 Å². The van der Waals surface area contributed by atoms with Gasteiger partial charge in [-0.2, -0.15) is 0 Å². The minimum absolute atomic E-state index is 0.0799. The molecule has 12 aromatic rings. The van der Waals surface area contributed by atoms with Crippen molar-refractivity contribution >= 4 is 109 Å². The molecule has 0 aliphatic carbocycles. The van der Waals surface area contributed by atoms with Crippen LogP contribution in [0.1, 0.15) is 83.7 Å². The highest BCUT2D eigenvalue weighted by atomic mass is 32.1. The van der Waals surface area contributed by atoms with Crippen molar-refractivity contribution in [2.24, 2.45) is 0 Å². The fourth-order valence-electron chi connectivity index (χ4n) is 10.7. The number of carbonyl (C=O) groups is 2. The van der Waals surface area contributed by atoms with Gasteiger partial charge in [-0.25, -0.2) is 59.8 Å². The highest BCUT2D eigenvalue weighted by Gasteiger charge is 2.18. The lowest BCUT2D eigenvalue weighted by Gasteiger charge is -2.25. The van der Waals surface area contributed by atoms with Crippen LogP contribution in [0.4, 0.5) is 51.7 Å². The first-order chi connectivity index (χ1) is 47.2. The lowest BCUT2D eigenvalue weighted by molar-refractivity contribution is -0.137. The lowest BCUT2D eigenvalue weighted by atomic mass is 10.1. The number of thiazole rings is 4. The Bertz CT molecular complexity index is 4640. The van der Waals surface area contributed by atoms with Crippen molar-refractivity contribution in [2.75, 3.05) is 45.8 Å². The van der Waals surface area contributed by atoms with Gasteiger partial charge >= 0.3 is 11.9 Å². The van der Waals surface area contributed by atoms with E-state index < -0.39 is 11.9 Å². The van der Waals surface area contributed by atoms with Crippen molar-refractivity contribution in [1.29, 1.82) is 0 Å². The molecule has 1 saturated heterocycles. The van der Waals surface area contributed by atoms with Crippen molar-refractivity contribution in [1.82, 2.24) is 65.1 Å². The zero-order valence-corrected chi connectivity index (χ0v) is 59.4. The quantitative estimate of drug-likeness (QED) is 0.0396. The van der Waals surface area contributed by atoms with Gasteiger partial charge in [0.1, 0.15) is 32.8 Å². The summed E-state index contributed by atoms with van der Waals surface area (Å²) in [5, 5.41) is 42.6. The highest BCUT2D eigenvalue weighted by molar-refractivity contribution is 7.14. The van der Waals surface area contributed by atoms with Gasteiger partial charge in [0.05, 0.1) is 40.7 Å². The molecule has 0 spiro atoms. The van der Waals surface area contributed by atoms with Gasteiger partial charge < -0.3 is 41.7 Å². The van der Waals surface area contributed by atoms with E-state index in [2.05, 4.69) is 175 Å². The zero-order valence-electron chi connectivity index (χ0n) is 56.1.